The number of ether oxygens (including phenoxy) is 1. The summed E-state index contributed by atoms with van der Waals surface area (Å²) in [7, 11) is -2.22. The van der Waals surface area contributed by atoms with Gasteiger partial charge in [0.25, 0.3) is 5.91 Å². The Balaban J connectivity index is 2.04. The lowest BCUT2D eigenvalue weighted by atomic mass is 9.72. The Morgan fingerprint density at radius 2 is 1.93 bits per heavy atom. The highest BCUT2D eigenvalue weighted by molar-refractivity contribution is 7.92. The number of anilines is 1. The van der Waals surface area contributed by atoms with Gasteiger partial charge in [0.15, 0.2) is 0 Å². The molecule has 2 rings (SSSR count). The molecule has 162 valence electrons. The highest BCUT2D eigenvalue weighted by atomic mass is 35.5. The molecule has 29 heavy (non-hydrogen) atoms. The number of hydrogen-bond acceptors (Lipinski definition) is 5. The van der Waals surface area contributed by atoms with Crippen LogP contribution in [0.2, 0.25) is 5.02 Å². The highest BCUT2D eigenvalue weighted by Gasteiger charge is 2.28. The van der Waals surface area contributed by atoms with E-state index in [1.165, 1.54) is 13.2 Å². The number of benzene rings is 1. The van der Waals surface area contributed by atoms with E-state index in [1.54, 1.807) is 12.1 Å². The van der Waals surface area contributed by atoms with Gasteiger partial charge in [-0.2, -0.15) is 5.10 Å². The van der Waals surface area contributed by atoms with Crippen LogP contribution in [0.5, 0.6) is 5.75 Å². The molecule has 1 N–H and O–H groups in total. The maximum absolute atomic E-state index is 12.4. The lowest BCUT2D eigenvalue weighted by Gasteiger charge is -2.34. The molecule has 0 atom stereocenters. The van der Waals surface area contributed by atoms with Crippen molar-refractivity contribution in [2.45, 2.75) is 46.5 Å². The largest absolute Gasteiger partial charge is 0.495 e. The molecule has 1 aromatic carbocycles. The molecule has 1 aromatic rings. The van der Waals surface area contributed by atoms with Crippen molar-refractivity contribution in [2.75, 3.05) is 24.2 Å². The van der Waals surface area contributed by atoms with Gasteiger partial charge in [0.05, 0.1) is 24.1 Å². The molecule has 7 nitrogen and oxygen atoms in total. The standard InChI is InChI=1S/C20H30ClN3O4S/c1-20(2,3)14-6-8-15(9-7-14)22-23-19(25)13-24(29(5,26)27)16-10-11-18(28-4)17(21)12-16/h10-12,14H,6-9,13H2,1-5H3,(H,23,25). The molecule has 0 spiro atoms. The third-order valence-electron chi connectivity index (χ3n) is 5.24. The van der Waals surface area contributed by atoms with Crippen molar-refractivity contribution < 1.29 is 17.9 Å². The van der Waals surface area contributed by atoms with Gasteiger partial charge in [0.2, 0.25) is 10.0 Å². The monoisotopic (exact) mass is 443 g/mol. The van der Waals surface area contributed by atoms with Crippen LogP contribution < -0.4 is 14.5 Å². The van der Waals surface area contributed by atoms with Gasteiger partial charge in [-0.1, -0.05) is 32.4 Å². The first-order valence-corrected chi connectivity index (χ1v) is 11.8. The van der Waals surface area contributed by atoms with Crippen molar-refractivity contribution in [2.24, 2.45) is 16.4 Å². The van der Waals surface area contributed by atoms with E-state index < -0.39 is 15.9 Å². The Morgan fingerprint density at radius 1 is 1.31 bits per heavy atom. The average Bonchev–Trinajstić information content (AvgIpc) is 2.63. The van der Waals surface area contributed by atoms with Crippen LogP contribution >= 0.6 is 11.6 Å². The van der Waals surface area contributed by atoms with Crippen LogP contribution in [0.4, 0.5) is 5.69 Å². The Morgan fingerprint density at radius 3 is 2.41 bits per heavy atom. The average molecular weight is 444 g/mol. The number of nitrogens with zero attached hydrogens (tertiary/aromatic N) is 2. The number of rotatable bonds is 6. The van der Waals surface area contributed by atoms with E-state index >= 15 is 0 Å². The van der Waals surface area contributed by atoms with Crippen LogP contribution in [-0.2, 0) is 14.8 Å². The first-order chi connectivity index (χ1) is 13.4. The van der Waals surface area contributed by atoms with Gasteiger partial charge in [0.1, 0.15) is 12.3 Å². The van der Waals surface area contributed by atoms with Crippen LogP contribution in [0.3, 0.4) is 0 Å². The van der Waals surface area contributed by atoms with Crippen LogP contribution in [0, 0.1) is 11.3 Å². The van der Waals surface area contributed by atoms with Gasteiger partial charge < -0.3 is 4.74 Å². The summed E-state index contributed by atoms with van der Waals surface area (Å²) < 4.78 is 30.5. The van der Waals surface area contributed by atoms with E-state index in [9.17, 15) is 13.2 Å². The highest BCUT2D eigenvalue weighted by Crippen LogP contribution is 2.36. The predicted octanol–water partition coefficient (Wildman–Crippen LogP) is 3.82. The van der Waals surface area contributed by atoms with Crippen molar-refractivity contribution in [3.05, 3.63) is 23.2 Å². The Hall–Kier alpha value is -1.80. The van der Waals surface area contributed by atoms with E-state index in [0.717, 1.165) is 42.0 Å². The molecule has 0 saturated heterocycles. The fourth-order valence-corrected chi connectivity index (χ4v) is 4.55. The first kappa shape index (κ1) is 23.5. The lowest BCUT2D eigenvalue weighted by molar-refractivity contribution is -0.119. The third-order valence-corrected chi connectivity index (χ3v) is 6.67. The zero-order valence-corrected chi connectivity index (χ0v) is 19.2. The lowest BCUT2D eigenvalue weighted by Crippen LogP contribution is -2.39. The number of methoxy groups -OCH3 is 1. The number of carbonyl (C=O) groups is 1. The van der Waals surface area contributed by atoms with Gasteiger partial charge in [-0.05, 0) is 55.2 Å². The summed E-state index contributed by atoms with van der Waals surface area (Å²) in [4.78, 5) is 12.4. The van der Waals surface area contributed by atoms with Gasteiger partial charge in [-0.25, -0.2) is 13.8 Å². The molecule has 0 heterocycles. The van der Waals surface area contributed by atoms with Crippen LogP contribution in [-0.4, -0.2) is 39.9 Å². The number of hydrogen-bond donors (Lipinski definition) is 1. The summed E-state index contributed by atoms with van der Waals surface area (Å²) in [5.41, 5.74) is 3.99. The zero-order chi connectivity index (χ0) is 21.8. The predicted molar refractivity (Wildman–Crippen MR) is 117 cm³/mol. The Bertz CT molecular complexity index is 868. The molecule has 9 heteroatoms. The number of halogens is 1. The van der Waals surface area contributed by atoms with E-state index in [0.29, 0.717) is 11.7 Å². The van der Waals surface area contributed by atoms with Crippen LogP contribution in [0.1, 0.15) is 46.5 Å². The number of amides is 1. The van der Waals surface area contributed by atoms with Crippen molar-refractivity contribution in [3.63, 3.8) is 0 Å². The van der Waals surface area contributed by atoms with Crippen molar-refractivity contribution >= 4 is 38.9 Å². The quantitative estimate of drug-likeness (QED) is 0.677. The van der Waals surface area contributed by atoms with Gasteiger partial charge >= 0.3 is 0 Å². The smallest absolute Gasteiger partial charge is 0.260 e. The molecular weight excluding hydrogens is 414 g/mol. The zero-order valence-electron chi connectivity index (χ0n) is 17.7. The molecule has 1 aliphatic rings. The third kappa shape index (κ3) is 6.60. The van der Waals surface area contributed by atoms with E-state index in [4.69, 9.17) is 16.3 Å². The van der Waals surface area contributed by atoms with Gasteiger partial charge in [-0.3, -0.25) is 9.10 Å². The van der Waals surface area contributed by atoms with E-state index in [2.05, 4.69) is 31.3 Å². The first-order valence-electron chi connectivity index (χ1n) is 9.57. The molecule has 0 aliphatic heterocycles. The number of hydrazone groups is 1. The Kier molecular flexibility index (Phi) is 7.56. The van der Waals surface area contributed by atoms with Crippen molar-refractivity contribution in [1.82, 2.24) is 5.43 Å². The maximum atomic E-state index is 12.4. The second-order valence-electron chi connectivity index (χ2n) is 8.44. The minimum Gasteiger partial charge on any atom is -0.495 e. The summed E-state index contributed by atoms with van der Waals surface area (Å²) >= 11 is 6.10. The maximum Gasteiger partial charge on any atom is 0.260 e. The SMILES string of the molecule is COc1ccc(N(CC(=O)NN=C2CCC(C(C)(C)C)CC2)S(C)(=O)=O)cc1Cl. The molecule has 0 radical (unpaired) electrons. The van der Waals surface area contributed by atoms with Crippen molar-refractivity contribution in [3.8, 4) is 5.75 Å². The van der Waals surface area contributed by atoms with Gasteiger partial charge in [0, 0.05) is 5.71 Å². The molecule has 0 aromatic heterocycles. The summed E-state index contributed by atoms with van der Waals surface area (Å²) in [5, 5.41) is 4.48. The second kappa shape index (κ2) is 9.34. The number of sulfonamides is 1. The summed E-state index contributed by atoms with van der Waals surface area (Å²) in [5.74, 6) is 0.552. The van der Waals surface area contributed by atoms with Gasteiger partial charge in [-0.15, -0.1) is 0 Å². The molecule has 0 bridgehead atoms. The normalized spacial score (nSPS) is 17.6. The second-order valence-corrected chi connectivity index (χ2v) is 10.8. The fraction of sp³-hybridized carbons (Fsp3) is 0.600. The van der Waals surface area contributed by atoms with E-state index in [-0.39, 0.29) is 22.7 Å². The molecular formula is C20H30ClN3O4S. The summed E-state index contributed by atoms with van der Waals surface area (Å²) in [6.07, 6.45) is 4.80. The fourth-order valence-electron chi connectivity index (χ4n) is 3.45. The summed E-state index contributed by atoms with van der Waals surface area (Å²) in [6, 6.07) is 4.55. The molecule has 1 amide bonds. The molecule has 1 fully saturated rings. The Labute approximate surface area is 178 Å². The minimum absolute atomic E-state index is 0.259. The molecule has 1 saturated carbocycles. The number of nitrogens with one attached hydrogen (secondary N) is 1. The molecule has 1 aliphatic carbocycles. The van der Waals surface area contributed by atoms with Crippen molar-refractivity contribution in [1.29, 1.82) is 0 Å². The van der Waals surface area contributed by atoms with Crippen LogP contribution in [0.15, 0.2) is 23.3 Å². The number of carbonyl (C=O) groups excluding carboxylic acids is 1. The molecule has 0 unspecified atom stereocenters. The minimum atomic E-state index is -3.69. The van der Waals surface area contributed by atoms with Crippen LogP contribution in [0.25, 0.3) is 0 Å². The van der Waals surface area contributed by atoms with E-state index in [1.807, 2.05) is 0 Å². The summed E-state index contributed by atoms with van der Waals surface area (Å²) in [6.45, 7) is 6.34. The topological polar surface area (TPSA) is 88.1 Å².